The van der Waals surface area contributed by atoms with E-state index >= 15 is 0 Å². The molecular weight excluding hydrogens is 260 g/mol. The van der Waals surface area contributed by atoms with Gasteiger partial charge in [0.2, 0.25) is 0 Å². The van der Waals surface area contributed by atoms with E-state index in [4.69, 9.17) is 0 Å². The minimum atomic E-state index is 0.772. The van der Waals surface area contributed by atoms with Gasteiger partial charge in [-0.25, -0.2) is 0 Å². The van der Waals surface area contributed by atoms with E-state index in [1.165, 1.54) is 11.1 Å². The lowest BCUT2D eigenvalue weighted by Crippen LogP contribution is -2.17. The Balaban J connectivity index is 2.10. The molecule has 2 rings (SSSR count). The monoisotopic (exact) mass is 284 g/mol. The Morgan fingerprint density at radius 2 is 1.90 bits per heavy atom. The lowest BCUT2D eigenvalue weighted by atomic mass is 10.1. The topological polar surface area (TPSA) is 41.0 Å². The van der Waals surface area contributed by atoms with E-state index in [2.05, 4.69) is 59.4 Å². The number of hydrogen-bond acceptors (Lipinski definition) is 4. The van der Waals surface area contributed by atoms with Crippen molar-refractivity contribution in [3.8, 4) is 0 Å². The van der Waals surface area contributed by atoms with Gasteiger partial charge in [0.05, 0.1) is 5.69 Å². The average Bonchev–Trinajstić information content (AvgIpc) is 2.48. The standard InChI is InChI=1S/C17H24N4/c1-5-10-18-12-15-7-9-17(20-19-15)21(4)16-8-6-13(2)11-14(16)3/h6-9,11,18H,5,10,12H2,1-4H3. The summed E-state index contributed by atoms with van der Waals surface area (Å²) in [6.07, 6.45) is 1.13. The number of benzene rings is 1. The molecule has 1 aromatic heterocycles. The predicted octanol–water partition coefficient (Wildman–Crippen LogP) is 3.36. The highest BCUT2D eigenvalue weighted by molar-refractivity contribution is 5.63. The fraction of sp³-hybridized carbons (Fsp3) is 0.412. The van der Waals surface area contributed by atoms with E-state index in [9.17, 15) is 0 Å². The summed E-state index contributed by atoms with van der Waals surface area (Å²) in [4.78, 5) is 2.07. The van der Waals surface area contributed by atoms with Crippen molar-refractivity contribution in [3.05, 3.63) is 47.2 Å². The summed E-state index contributed by atoms with van der Waals surface area (Å²) < 4.78 is 0. The number of hydrogen-bond donors (Lipinski definition) is 1. The number of anilines is 2. The van der Waals surface area contributed by atoms with Gasteiger partial charge in [-0.05, 0) is 50.6 Å². The zero-order valence-corrected chi connectivity index (χ0v) is 13.3. The molecule has 0 saturated carbocycles. The molecule has 21 heavy (non-hydrogen) atoms. The molecule has 0 unspecified atom stereocenters. The second-order valence-electron chi connectivity index (χ2n) is 5.41. The minimum absolute atomic E-state index is 0.772. The first-order valence-electron chi connectivity index (χ1n) is 7.46. The van der Waals surface area contributed by atoms with E-state index in [0.29, 0.717) is 0 Å². The number of aromatic nitrogens is 2. The quantitative estimate of drug-likeness (QED) is 0.826. The Hall–Kier alpha value is -1.94. The molecule has 0 aliphatic carbocycles. The van der Waals surface area contributed by atoms with Crippen LogP contribution in [0.25, 0.3) is 0 Å². The zero-order valence-electron chi connectivity index (χ0n) is 13.3. The van der Waals surface area contributed by atoms with Crippen molar-refractivity contribution in [1.82, 2.24) is 15.5 Å². The molecule has 0 atom stereocenters. The lowest BCUT2D eigenvalue weighted by molar-refractivity contribution is 0.656. The van der Waals surface area contributed by atoms with E-state index in [1.807, 2.05) is 19.2 Å². The van der Waals surface area contributed by atoms with Crippen LogP contribution in [0, 0.1) is 13.8 Å². The largest absolute Gasteiger partial charge is 0.328 e. The van der Waals surface area contributed by atoms with Crippen LogP contribution in [0.4, 0.5) is 11.5 Å². The SMILES string of the molecule is CCCNCc1ccc(N(C)c2ccc(C)cc2C)nn1. The van der Waals surface area contributed by atoms with Crippen molar-refractivity contribution >= 4 is 11.5 Å². The van der Waals surface area contributed by atoms with Crippen LogP contribution >= 0.6 is 0 Å². The van der Waals surface area contributed by atoms with Crippen molar-refractivity contribution in [2.75, 3.05) is 18.5 Å². The van der Waals surface area contributed by atoms with Crippen molar-refractivity contribution in [3.63, 3.8) is 0 Å². The highest BCUT2D eigenvalue weighted by atomic mass is 15.3. The summed E-state index contributed by atoms with van der Waals surface area (Å²) in [6, 6.07) is 10.5. The van der Waals surface area contributed by atoms with Crippen LogP contribution in [0.1, 0.15) is 30.2 Å². The average molecular weight is 284 g/mol. The molecule has 1 heterocycles. The highest BCUT2D eigenvalue weighted by Gasteiger charge is 2.09. The molecule has 0 radical (unpaired) electrons. The maximum atomic E-state index is 4.33. The molecular formula is C17H24N4. The number of nitrogens with zero attached hydrogens (tertiary/aromatic N) is 3. The Morgan fingerprint density at radius 3 is 2.52 bits per heavy atom. The molecule has 4 heteroatoms. The third kappa shape index (κ3) is 4.02. The van der Waals surface area contributed by atoms with Crippen LogP contribution in [-0.4, -0.2) is 23.8 Å². The van der Waals surface area contributed by atoms with Crippen LogP contribution in [0.15, 0.2) is 30.3 Å². The van der Waals surface area contributed by atoms with Crippen molar-refractivity contribution in [2.24, 2.45) is 0 Å². The van der Waals surface area contributed by atoms with Gasteiger partial charge in [-0.2, -0.15) is 5.10 Å². The summed E-state index contributed by atoms with van der Waals surface area (Å²) in [5.41, 5.74) is 4.65. The van der Waals surface area contributed by atoms with Gasteiger partial charge in [0, 0.05) is 19.3 Å². The summed E-state index contributed by atoms with van der Waals surface area (Å²) >= 11 is 0. The van der Waals surface area contributed by atoms with E-state index in [-0.39, 0.29) is 0 Å². The van der Waals surface area contributed by atoms with E-state index < -0.39 is 0 Å². The number of nitrogens with one attached hydrogen (secondary N) is 1. The van der Waals surface area contributed by atoms with Crippen LogP contribution in [-0.2, 0) is 6.54 Å². The third-order valence-corrected chi connectivity index (χ3v) is 3.50. The normalized spacial score (nSPS) is 10.7. The summed E-state index contributed by atoms with van der Waals surface area (Å²) in [5, 5.41) is 12.0. The van der Waals surface area contributed by atoms with E-state index in [0.717, 1.165) is 36.7 Å². The van der Waals surface area contributed by atoms with Gasteiger partial charge in [0.25, 0.3) is 0 Å². The summed E-state index contributed by atoms with van der Waals surface area (Å²) in [5.74, 6) is 0.862. The van der Waals surface area contributed by atoms with Gasteiger partial charge >= 0.3 is 0 Å². The second kappa shape index (κ2) is 7.18. The molecule has 0 fully saturated rings. The van der Waals surface area contributed by atoms with Crippen LogP contribution < -0.4 is 10.2 Å². The Bertz CT molecular complexity index is 578. The number of aryl methyl sites for hydroxylation is 2. The van der Waals surface area contributed by atoms with Crippen LogP contribution in [0.2, 0.25) is 0 Å². The molecule has 1 N–H and O–H groups in total. The van der Waals surface area contributed by atoms with Crippen molar-refractivity contribution in [1.29, 1.82) is 0 Å². The fourth-order valence-electron chi connectivity index (χ4n) is 2.32. The summed E-state index contributed by atoms with van der Waals surface area (Å²) in [7, 11) is 2.02. The van der Waals surface area contributed by atoms with Crippen molar-refractivity contribution < 1.29 is 0 Å². The molecule has 0 aliphatic heterocycles. The molecule has 2 aromatic rings. The fourth-order valence-corrected chi connectivity index (χ4v) is 2.32. The smallest absolute Gasteiger partial charge is 0.155 e. The van der Waals surface area contributed by atoms with Crippen molar-refractivity contribution in [2.45, 2.75) is 33.7 Å². The molecule has 0 saturated heterocycles. The molecule has 112 valence electrons. The van der Waals surface area contributed by atoms with Crippen LogP contribution in [0.5, 0.6) is 0 Å². The summed E-state index contributed by atoms with van der Waals surface area (Å²) in [6.45, 7) is 8.16. The van der Waals surface area contributed by atoms with Gasteiger partial charge in [0.15, 0.2) is 5.82 Å². The third-order valence-electron chi connectivity index (χ3n) is 3.50. The highest BCUT2D eigenvalue weighted by Crippen LogP contribution is 2.25. The van der Waals surface area contributed by atoms with Gasteiger partial charge in [-0.1, -0.05) is 24.6 Å². The zero-order chi connectivity index (χ0) is 15.2. The maximum Gasteiger partial charge on any atom is 0.155 e. The maximum absolute atomic E-state index is 4.33. The molecule has 0 spiro atoms. The van der Waals surface area contributed by atoms with Crippen LogP contribution in [0.3, 0.4) is 0 Å². The first kappa shape index (κ1) is 15.4. The Morgan fingerprint density at radius 1 is 1.10 bits per heavy atom. The molecule has 1 aromatic carbocycles. The molecule has 0 amide bonds. The molecule has 4 nitrogen and oxygen atoms in total. The van der Waals surface area contributed by atoms with Gasteiger partial charge < -0.3 is 10.2 Å². The van der Waals surface area contributed by atoms with E-state index in [1.54, 1.807) is 0 Å². The second-order valence-corrected chi connectivity index (χ2v) is 5.41. The Labute approximate surface area is 127 Å². The first-order chi connectivity index (χ1) is 10.1. The Kier molecular flexibility index (Phi) is 5.28. The van der Waals surface area contributed by atoms with Gasteiger partial charge in [-0.15, -0.1) is 5.10 Å². The molecule has 0 aliphatic rings. The lowest BCUT2D eigenvalue weighted by Gasteiger charge is -2.20. The number of rotatable bonds is 6. The minimum Gasteiger partial charge on any atom is -0.328 e. The van der Waals surface area contributed by atoms with Gasteiger partial charge in [0.1, 0.15) is 0 Å². The predicted molar refractivity (Wildman–Crippen MR) is 88.0 cm³/mol. The molecule has 0 bridgehead atoms. The van der Waals surface area contributed by atoms with Gasteiger partial charge in [-0.3, -0.25) is 0 Å². The first-order valence-corrected chi connectivity index (χ1v) is 7.46.